The van der Waals surface area contributed by atoms with Gasteiger partial charge in [-0.2, -0.15) is 0 Å². The molecule has 0 aromatic heterocycles. The molecule has 162 valence electrons. The Morgan fingerprint density at radius 2 is 1.80 bits per heavy atom. The number of anilines is 2. The van der Waals surface area contributed by atoms with E-state index in [1.54, 1.807) is 41.3 Å². The molecule has 0 unspecified atom stereocenters. The van der Waals surface area contributed by atoms with Crippen LogP contribution >= 0.6 is 0 Å². The summed E-state index contributed by atoms with van der Waals surface area (Å²) in [6.07, 6.45) is 0. The number of amides is 1. The molecule has 0 saturated carbocycles. The summed E-state index contributed by atoms with van der Waals surface area (Å²) in [5.41, 5.74) is 2.32. The minimum atomic E-state index is -3.74. The van der Waals surface area contributed by atoms with Gasteiger partial charge in [0.25, 0.3) is 10.0 Å². The van der Waals surface area contributed by atoms with Crippen molar-refractivity contribution in [2.45, 2.75) is 46.4 Å². The molecular formula is C23H30N2O4S. The first kappa shape index (κ1) is 22.2. The number of nitrogens with one attached hydrogen (secondary N) is 1. The van der Waals surface area contributed by atoms with Crippen LogP contribution in [-0.4, -0.2) is 27.5 Å². The van der Waals surface area contributed by atoms with E-state index in [0.717, 1.165) is 11.1 Å². The van der Waals surface area contributed by atoms with Crippen molar-refractivity contribution >= 4 is 27.3 Å². The van der Waals surface area contributed by atoms with Gasteiger partial charge in [-0.15, -0.1) is 0 Å². The number of nitrogens with zero attached hydrogens (tertiary/aromatic N) is 1. The molecule has 0 atom stereocenters. The summed E-state index contributed by atoms with van der Waals surface area (Å²) in [5.74, 6) is 0.770. The molecule has 30 heavy (non-hydrogen) atoms. The number of hydrogen-bond acceptors (Lipinski definition) is 4. The van der Waals surface area contributed by atoms with E-state index in [9.17, 15) is 13.2 Å². The molecule has 1 amide bonds. The van der Waals surface area contributed by atoms with Crippen LogP contribution in [0.1, 0.15) is 38.8 Å². The molecule has 1 N–H and O–H groups in total. The van der Waals surface area contributed by atoms with Crippen LogP contribution in [0.25, 0.3) is 0 Å². The van der Waals surface area contributed by atoms with Gasteiger partial charge in [-0.25, -0.2) is 8.42 Å². The molecular weight excluding hydrogens is 400 g/mol. The predicted octanol–water partition coefficient (Wildman–Crippen LogP) is 4.51. The highest BCUT2D eigenvalue weighted by Gasteiger charge is 2.38. The average molecular weight is 431 g/mol. The lowest BCUT2D eigenvalue weighted by molar-refractivity contribution is -0.127. The second kappa shape index (κ2) is 7.95. The summed E-state index contributed by atoms with van der Waals surface area (Å²) in [7, 11) is -3.74. The lowest BCUT2D eigenvalue weighted by Crippen LogP contribution is -2.43. The Morgan fingerprint density at radius 1 is 1.10 bits per heavy atom. The third-order valence-corrected chi connectivity index (χ3v) is 6.63. The maximum absolute atomic E-state index is 13.1. The number of rotatable bonds is 5. The van der Waals surface area contributed by atoms with Crippen molar-refractivity contribution in [3.63, 3.8) is 0 Å². The SMILES string of the molecule is Cc1ccc(S(=O)(=O)Nc2ccc3c(c2)OCC(C)(C)C(=O)N3CC(C)C)cc1C. The van der Waals surface area contributed by atoms with Gasteiger partial charge < -0.3 is 9.64 Å². The molecule has 0 saturated heterocycles. The molecule has 2 aromatic carbocycles. The van der Waals surface area contributed by atoms with E-state index in [0.29, 0.717) is 23.7 Å². The Balaban J connectivity index is 1.96. The minimum absolute atomic E-state index is 0.00147. The number of fused-ring (bicyclic) bond motifs is 1. The van der Waals surface area contributed by atoms with E-state index in [-0.39, 0.29) is 23.3 Å². The quantitative estimate of drug-likeness (QED) is 0.757. The molecule has 2 aromatic rings. The molecule has 3 rings (SSSR count). The highest BCUT2D eigenvalue weighted by atomic mass is 32.2. The summed E-state index contributed by atoms with van der Waals surface area (Å²) >= 11 is 0. The van der Waals surface area contributed by atoms with Gasteiger partial charge >= 0.3 is 0 Å². The van der Waals surface area contributed by atoms with Crippen molar-refractivity contribution in [2.24, 2.45) is 11.3 Å². The summed E-state index contributed by atoms with van der Waals surface area (Å²) in [5, 5.41) is 0. The number of benzene rings is 2. The molecule has 6 nitrogen and oxygen atoms in total. The van der Waals surface area contributed by atoms with E-state index in [2.05, 4.69) is 18.6 Å². The third-order valence-electron chi connectivity index (χ3n) is 5.25. The Kier molecular flexibility index (Phi) is 5.87. The van der Waals surface area contributed by atoms with Gasteiger partial charge in [0.05, 0.1) is 21.7 Å². The van der Waals surface area contributed by atoms with Crippen molar-refractivity contribution in [3.05, 3.63) is 47.5 Å². The first-order valence-corrected chi connectivity index (χ1v) is 11.6. The molecule has 0 spiro atoms. The fourth-order valence-corrected chi connectivity index (χ4v) is 4.49. The highest BCUT2D eigenvalue weighted by Crippen LogP contribution is 2.39. The van der Waals surface area contributed by atoms with Crippen LogP contribution in [0, 0.1) is 25.2 Å². The topological polar surface area (TPSA) is 75.7 Å². The van der Waals surface area contributed by atoms with Crippen LogP contribution < -0.4 is 14.4 Å². The number of carbonyl (C=O) groups is 1. The number of carbonyl (C=O) groups excluding carboxylic acids is 1. The van der Waals surface area contributed by atoms with Crippen LogP contribution in [0.2, 0.25) is 0 Å². The second-order valence-corrected chi connectivity index (χ2v) is 10.7. The summed E-state index contributed by atoms with van der Waals surface area (Å²) < 4.78 is 34.3. The normalized spacial score (nSPS) is 16.1. The number of sulfonamides is 1. The van der Waals surface area contributed by atoms with Crippen molar-refractivity contribution < 1.29 is 17.9 Å². The fourth-order valence-electron chi connectivity index (χ4n) is 3.35. The van der Waals surface area contributed by atoms with Gasteiger partial charge in [0.2, 0.25) is 5.91 Å². The average Bonchev–Trinajstić information content (AvgIpc) is 2.73. The molecule has 0 fully saturated rings. The van der Waals surface area contributed by atoms with Crippen LogP contribution in [0.3, 0.4) is 0 Å². The molecule has 1 heterocycles. The maximum atomic E-state index is 13.1. The van der Waals surface area contributed by atoms with E-state index in [4.69, 9.17) is 4.74 Å². The monoisotopic (exact) mass is 430 g/mol. The standard InChI is InChI=1S/C23H30N2O4S/c1-15(2)13-25-20-10-8-18(12-21(20)29-14-23(5,6)22(25)26)24-30(27,28)19-9-7-16(3)17(4)11-19/h7-12,15,24H,13-14H2,1-6H3. The number of aryl methyl sites for hydroxylation is 2. The maximum Gasteiger partial charge on any atom is 0.261 e. The van der Waals surface area contributed by atoms with Gasteiger partial charge in [0, 0.05) is 12.6 Å². The van der Waals surface area contributed by atoms with Crippen molar-refractivity contribution in [2.75, 3.05) is 22.8 Å². The molecule has 0 aliphatic carbocycles. The Hall–Kier alpha value is -2.54. The van der Waals surface area contributed by atoms with Crippen LogP contribution in [0.5, 0.6) is 5.75 Å². The smallest absolute Gasteiger partial charge is 0.261 e. The Bertz CT molecular complexity index is 1070. The molecule has 7 heteroatoms. The highest BCUT2D eigenvalue weighted by molar-refractivity contribution is 7.92. The first-order valence-electron chi connectivity index (χ1n) is 10.1. The Morgan fingerprint density at radius 3 is 2.43 bits per heavy atom. The lowest BCUT2D eigenvalue weighted by Gasteiger charge is -2.29. The van der Waals surface area contributed by atoms with Gasteiger partial charge in [0.15, 0.2) is 0 Å². The van der Waals surface area contributed by atoms with Gasteiger partial charge in [-0.1, -0.05) is 19.9 Å². The number of hydrogen-bond donors (Lipinski definition) is 1. The first-order chi connectivity index (χ1) is 13.9. The second-order valence-electron chi connectivity index (χ2n) is 9.02. The predicted molar refractivity (Wildman–Crippen MR) is 120 cm³/mol. The van der Waals surface area contributed by atoms with Crippen molar-refractivity contribution in [1.82, 2.24) is 0 Å². The van der Waals surface area contributed by atoms with Crippen LogP contribution in [0.15, 0.2) is 41.3 Å². The number of ether oxygens (including phenoxy) is 1. The van der Waals surface area contributed by atoms with Gasteiger partial charge in [-0.05, 0) is 69.0 Å². The van der Waals surface area contributed by atoms with Crippen LogP contribution in [0.4, 0.5) is 11.4 Å². The lowest BCUT2D eigenvalue weighted by atomic mass is 9.92. The van der Waals surface area contributed by atoms with E-state index in [1.165, 1.54) is 0 Å². The van der Waals surface area contributed by atoms with Crippen LogP contribution in [-0.2, 0) is 14.8 Å². The van der Waals surface area contributed by atoms with E-state index < -0.39 is 15.4 Å². The largest absolute Gasteiger partial charge is 0.490 e. The van der Waals surface area contributed by atoms with E-state index >= 15 is 0 Å². The minimum Gasteiger partial charge on any atom is -0.490 e. The summed E-state index contributed by atoms with van der Waals surface area (Å²) in [6, 6.07) is 10.1. The molecule has 0 bridgehead atoms. The zero-order valence-electron chi connectivity index (χ0n) is 18.4. The fraction of sp³-hybridized carbons (Fsp3) is 0.435. The van der Waals surface area contributed by atoms with Gasteiger partial charge in [-0.3, -0.25) is 9.52 Å². The third kappa shape index (κ3) is 4.46. The molecule has 0 radical (unpaired) electrons. The molecule has 1 aliphatic rings. The zero-order valence-corrected chi connectivity index (χ0v) is 19.3. The van der Waals surface area contributed by atoms with Crippen molar-refractivity contribution in [3.8, 4) is 5.75 Å². The van der Waals surface area contributed by atoms with Crippen molar-refractivity contribution in [1.29, 1.82) is 0 Å². The van der Waals surface area contributed by atoms with E-state index in [1.807, 2.05) is 27.7 Å². The van der Waals surface area contributed by atoms with Gasteiger partial charge in [0.1, 0.15) is 12.4 Å². The summed E-state index contributed by atoms with van der Waals surface area (Å²) in [6.45, 7) is 12.4. The summed E-state index contributed by atoms with van der Waals surface area (Å²) in [4.78, 5) is 15.0. The molecule has 1 aliphatic heterocycles. The Labute approximate surface area is 179 Å². The zero-order chi connectivity index (χ0) is 22.3.